The number of piperazine rings is 1. The average molecular weight is 412 g/mol. The molecule has 2 aromatic rings. The lowest BCUT2D eigenvalue weighted by molar-refractivity contribution is 0.0633. The molecule has 9 nitrogen and oxygen atoms in total. The van der Waals surface area contributed by atoms with E-state index in [4.69, 9.17) is 4.74 Å². The Bertz CT molecular complexity index is 882. The van der Waals surface area contributed by atoms with E-state index >= 15 is 0 Å². The summed E-state index contributed by atoms with van der Waals surface area (Å²) < 4.78 is 33.5. The third-order valence-corrected chi connectivity index (χ3v) is 7.67. The molecule has 4 rings (SSSR count). The number of hydrogen-bond donors (Lipinski definition) is 1. The molecule has 0 saturated carbocycles. The van der Waals surface area contributed by atoms with Gasteiger partial charge in [-0.1, -0.05) is 6.07 Å². The van der Waals surface area contributed by atoms with Crippen molar-refractivity contribution < 1.29 is 17.9 Å². The summed E-state index contributed by atoms with van der Waals surface area (Å²) in [5.74, 6) is -0.183. The average Bonchev–Trinajstić information content (AvgIpc) is 3.40. The maximum Gasteiger partial charge on any atom is 0.282 e. The van der Waals surface area contributed by atoms with Gasteiger partial charge in [-0.25, -0.2) is 0 Å². The molecule has 2 aliphatic heterocycles. The Balaban J connectivity index is 1.38. The van der Waals surface area contributed by atoms with E-state index in [9.17, 15) is 13.2 Å². The van der Waals surface area contributed by atoms with Gasteiger partial charge < -0.3 is 9.64 Å². The van der Waals surface area contributed by atoms with E-state index in [1.165, 1.54) is 8.61 Å². The molecule has 1 amide bonds. The first kappa shape index (κ1) is 18.6. The number of aromatic nitrogens is 2. The van der Waals surface area contributed by atoms with Crippen LogP contribution in [-0.2, 0) is 14.9 Å². The van der Waals surface area contributed by atoms with E-state index in [0.29, 0.717) is 45.1 Å². The first-order chi connectivity index (χ1) is 13.1. The van der Waals surface area contributed by atoms with E-state index in [1.807, 2.05) is 17.5 Å². The highest BCUT2D eigenvalue weighted by Crippen LogP contribution is 2.23. The summed E-state index contributed by atoms with van der Waals surface area (Å²) in [4.78, 5) is 15.4. The predicted octanol–water partition coefficient (Wildman–Crippen LogP) is 0.473. The van der Waals surface area contributed by atoms with Gasteiger partial charge in [0.25, 0.3) is 16.1 Å². The molecular formula is C16H21N5O4S2. The van der Waals surface area contributed by atoms with Crippen molar-refractivity contribution in [3.63, 3.8) is 0 Å². The van der Waals surface area contributed by atoms with Gasteiger partial charge in [-0.15, -0.1) is 11.3 Å². The molecule has 1 N–H and O–H groups in total. The summed E-state index contributed by atoms with van der Waals surface area (Å²) in [5, 5.41) is 8.98. The highest BCUT2D eigenvalue weighted by atomic mass is 32.2. The fourth-order valence-corrected chi connectivity index (χ4v) is 5.47. The first-order valence-corrected chi connectivity index (χ1v) is 11.0. The van der Waals surface area contributed by atoms with Crippen molar-refractivity contribution >= 4 is 27.5 Å². The highest BCUT2D eigenvalue weighted by molar-refractivity contribution is 7.86. The summed E-state index contributed by atoms with van der Waals surface area (Å²) in [6.45, 7) is 2.86. The Hall–Kier alpha value is -1.79. The molecule has 27 heavy (non-hydrogen) atoms. The number of carbonyl (C=O) groups excluding carboxylic acids is 1. The summed E-state index contributed by atoms with van der Waals surface area (Å²) in [7, 11) is -3.50. The van der Waals surface area contributed by atoms with E-state index in [0.717, 1.165) is 10.6 Å². The van der Waals surface area contributed by atoms with Gasteiger partial charge in [0.1, 0.15) is 0 Å². The maximum absolute atomic E-state index is 12.7. The zero-order valence-corrected chi connectivity index (χ0v) is 16.3. The lowest BCUT2D eigenvalue weighted by Crippen LogP contribution is -2.55. The molecule has 146 valence electrons. The van der Waals surface area contributed by atoms with Crippen molar-refractivity contribution in [2.45, 2.75) is 0 Å². The Kier molecular flexibility index (Phi) is 5.28. The lowest BCUT2D eigenvalue weighted by Gasteiger charge is -2.37. The minimum Gasteiger partial charge on any atom is -0.379 e. The van der Waals surface area contributed by atoms with Crippen LogP contribution in [-0.4, -0.2) is 90.5 Å². The maximum atomic E-state index is 12.7. The van der Waals surface area contributed by atoms with Crippen LogP contribution in [0.15, 0.2) is 23.6 Å². The topological polar surface area (TPSA) is 98.8 Å². The van der Waals surface area contributed by atoms with Gasteiger partial charge in [0, 0.05) is 39.3 Å². The summed E-state index contributed by atoms with van der Waals surface area (Å²) in [5.41, 5.74) is 1.16. The van der Waals surface area contributed by atoms with Crippen LogP contribution in [0, 0.1) is 0 Å². The molecule has 11 heteroatoms. The zero-order valence-electron chi connectivity index (χ0n) is 14.7. The Morgan fingerprint density at radius 3 is 2.48 bits per heavy atom. The summed E-state index contributed by atoms with van der Waals surface area (Å²) in [6, 6.07) is 5.64. The summed E-state index contributed by atoms with van der Waals surface area (Å²) in [6.07, 6.45) is 0. The third-order valence-electron chi connectivity index (χ3n) is 4.73. The predicted molar refractivity (Wildman–Crippen MR) is 101 cm³/mol. The quantitative estimate of drug-likeness (QED) is 0.789. The molecule has 0 unspecified atom stereocenters. The van der Waals surface area contributed by atoms with Crippen molar-refractivity contribution in [1.29, 1.82) is 0 Å². The van der Waals surface area contributed by atoms with Crippen LogP contribution in [0.1, 0.15) is 10.5 Å². The number of amides is 1. The number of rotatable bonds is 4. The smallest absolute Gasteiger partial charge is 0.282 e. The molecule has 0 aromatic carbocycles. The van der Waals surface area contributed by atoms with E-state index in [2.05, 4.69) is 10.2 Å². The number of ether oxygens (including phenoxy) is 1. The van der Waals surface area contributed by atoms with Crippen molar-refractivity contribution in [3.05, 3.63) is 29.3 Å². The molecule has 2 aromatic heterocycles. The normalized spacial score (nSPS) is 20.1. The third kappa shape index (κ3) is 3.78. The molecule has 0 aliphatic carbocycles. The monoisotopic (exact) mass is 411 g/mol. The first-order valence-electron chi connectivity index (χ1n) is 8.77. The zero-order chi connectivity index (χ0) is 18.9. The van der Waals surface area contributed by atoms with Crippen LogP contribution in [0.2, 0.25) is 0 Å². The molecule has 0 atom stereocenters. The molecule has 0 radical (unpaired) electrons. The number of nitrogens with zero attached hydrogens (tertiary/aromatic N) is 4. The number of nitrogens with one attached hydrogen (secondary N) is 1. The van der Waals surface area contributed by atoms with Crippen LogP contribution in [0.3, 0.4) is 0 Å². The molecule has 2 aliphatic rings. The molecule has 0 spiro atoms. The number of morpholine rings is 1. The van der Waals surface area contributed by atoms with Crippen LogP contribution in [0.5, 0.6) is 0 Å². The van der Waals surface area contributed by atoms with E-state index in [-0.39, 0.29) is 19.0 Å². The molecule has 2 fully saturated rings. The number of carbonyl (C=O) groups is 1. The fourth-order valence-electron chi connectivity index (χ4n) is 3.21. The highest BCUT2D eigenvalue weighted by Gasteiger charge is 2.34. The van der Waals surface area contributed by atoms with E-state index < -0.39 is 10.2 Å². The van der Waals surface area contributed by atoms with Crippen molar-refractivity contribution in [1.82, 2.24) is 23.7 Å². The van der Waals surface area contributed by atoms with Crippen molar-refractivity contribution in [2.24, 2.45) is 0 Å². The van der Waals surface area contributed by atoms with Crippen LogP contribution in [0.4, 0.5) is 0 Å². The van der Waals surface area contributed by atoms with Crippen LogP contribution >= 0.6 is 11.3 Å². The van der Waals surface area contributed by atoms with Crippen LogP contribution < -0.4 is 0 Å². The Labute approximate surface area is 161 Å². The Morgan fingerprint density at radius 1 is 1.11 bits per heavy atom. The van der Waals surface area contributed by atoms with E-state index in [1.54, 1.807) is 22.3 Å². The number of hydrogen-bond acceptors (Lipinski definition) is 6. The van der Waals surface area contributed by atoms with Gasteiger partial charge in [0.2, 0.25) is 0 Å². The Morgan fingerprint density at radius 2 is 1.81 bits per heavy atom. The lowest BCUT2D eigenvalue weighted by atomic mass is 10.2. The van der Waals surface area contributed by atoms with Gasteiger partial charge in [-0.05, 0) is 17.5 Å². The molecule has 4 heterocycles. The molecule has 0 bridgehead atoms. The van der Waals surface area contributed by atoms with Gasteiger partial charge in [0.05, 0.1) is 23.8 Å². The van der Waals surface area contributed by atoms with Gasteiger partial charge >= 0.3 is 0 Å². The second kappa shape index (κ2) is 7.68. The summed E-state index contributed by atoms with van der Waals surface area (Å²) >= 11 is 1.57. The minimum absolute atomic E-state index is 0.183. The SMILES string of the molecule is O=C(c1cc(-c2cccs2)[nH]n1)N1CCN(S(=O)(=O)N2CCOCC2)CC1. The second-order valence-electron chi connectivity index (χ2n) is 6.35. The number of aromatic amines is 1. The molecule has 2 saturated heterocycles. The van der Waals surface area contributed by atoms with Crippen molar-refractivity contribution in [2.75, 3.05) is 52.5 Å². The number of H-pyrrole nitrogens is 1. The second-order valence-corrected chi connectivity index (χ2v) is 9.23. The largest absolute Gasteiger partial charge is 0.379 e. The van der Waals surface area contributed by atoms with Crippen molar-refractivity contribution in [3.8, 4) is 10.6 Å². The van der Waals surface area contributed by atoms with Crippen LogP contribution in [0.25, 0.3) is 10.6 Å². The van der Waals surface area contributed by atoms with Gasteiger partial charge in [0.15, 0.2) is 5.69 Å². The van der Waals surface area contributed by atoms with Gasteiger partial charge in [-0.2, -0.15) is 22.1 Å². The molecular weight excluding hydrogens is 390 g/mol. The van der Waals surface area contributed by atoms with Gasteiger partial charge in [-0.3, -0.25) is 9.89 Å². The minimum atomic E-state index is -3.50. The fraction of sp³-hybridized carbons (Fsp3) is 0.500. The number of thiophene rings is 1. The standard InChI is InChI=1S/C16H21N5O4S2/c22-16(14-12-13(17-18-14)15-2-1-11-26-15)19-3-5-20(6-4-19)27(23,24)21-7-9-25-10-8-21/h1-2,11-12H,3-10H2,(H,17,18).